The highest BCUT2D eigenvalue weighted by molar-refractivity contribution is 7.14. The van der Waals surface area contributed by atoms with Crippen LogP contribution in [0.5, 0.6) is 0 Å². The predicted octanol–water partition coefficient (Wildman–Crippen LogP) is 4.43. The van der Waals surface area contributed by atoms with E-state index in [1.807, 2.05) is 12.3 Å². The van der Waals surface area contributed by atoms with Crippen LogP contribution in [0.2, 0.25) is 10.0 Å². The number of aromatic nitrogens is 1. The molecule has 0 saturated heterocycles. The van der Waals surface area contributed by atoms with Gasteiger partial charge in [0.25, 0.3) is 0 Å². The van der Waals surface area contributed by atoms with Crippen LogP contribution in [0.15, 0.2) is 23.6 Å². The van der Waals surface area contributed by atoms with E-state index < -0.39 is 0 Å². The van der Waals surface area contributed by atoms with Crippen LogP contribution in [0.25, 0.3) is 0 Å². The lowest BCUT2D eigenvalue weighted by Crippen LogP contribution is -2.27. The summed E-state index contributed by atoms with van der Waals surface area (Å²) in [6.07, 6.45) is 0. The first-order chi connectivity index (χ1) is 9.99. The highest BCUT2D eigenvalue weighted by Gasteiger charge is 2.13. The summed E-state index contributed by atoms with van der Waals surface area (Å²) in [6.45, 7) is 4.62. The van der Waals surface area contributed by atoms with Crippen molar-refractivity contribution in [1.29, 1.82) is 0 Å². The fourth-order valence-electron chi connectivity index (χ4n) is 1.84. The molecule has 112 valence electrons. The van der Waals surface area contributed by atoms with Gasteiger partial charge in [-0.3, -0.25) is 9.69 Å². The zero-order valence-electron chi connectivity index (χ0n) is 11.7. The molecular weight excluding hydrogens is 329 g/mol. The molecule has 0 saturated carbocycles. The second kappa shape index (κ2) is 7.11. The molecule has 0 aliphatic heterocycles. The Balaban J connectivity index is 2.04. The molecule has 4 nitrogen and oxygen atoms in total. The first-order valence-electron chi connectivity index (χ1n) is 6.42. The van der Waals surface area contributed by atoms with Gasteiger partial charge in [0.2, 0.25) is 5.91 Å². The second-order valence-electron chi connectivity index (χ2n) is 4.40. The van der Waals surface area contributed by atoms with Crippen LogP contribution >= 0.6 is 34.5 Å². The molecule has 21 heavy (non-hydrogen) atoms. The van der Waals surface area contributed by atoms with E-state index in [0.29, 0.717) is 28.3 Å². The SMILES string of the molecule is CCN(C(C)=O)c1nc(CNc2cc(Cl)cc(Cl)c2)cs1. The molecule has 2 rings (SSSR count). The molecule has 1 aromatic carbocycles. The molecule has 0 unspecified atom stereocenters. The Morgan fingerprint density at radius 1 is 1.33 bits per heavy atom. The van der Waals surface area contributed by atoms with E-state index in [1.165, 1.54) is 18.3 Å². The summed E-state index contributed by atoms with van der Waals surface area (Å²) in [5.41, 5.74) is 1.70. The lowest BCUT2D eigenvalue weighted by molar-refractivity contribution is -0.116. The van der Waals surface area contributed by atoms with Gasteiger partial charge in [-0.2, -0.15) is 0 Å². The Bertz CT molecular complexity index is 625. The zero-order chi connectivity index (χ0) is 15.4. The number of halogens is 2. The molecule has 0 atom stereocenters. The third-order valence-electron chi connectivity index (χ3n) is 2.80. The summed E-state index contributed by atoms with van der Waals surface area (Å²) in [5, 5.41) is 7.02. The van der Waals surface area contributed by atoms with Gasteiger partial charge in [-0.1, -0.05) is 23.2 Å². The van der Waals surface area contributed by atoms with E-state index in [4.69, 9.17) is 23.2 Å². The van der Waals surface area contributed by atoms with E-state index in [1.54, 1.807) is 23.1 Å². The van der Waals surface area contributed by atoms with E-state index in [0.717, 1.165) is 11.4 Å². The minimum absolute atomic E-state index is 0.00650. The van der Waals surface area contributed by atoms with Gasteiger partial charge in [0, 0.05) is 34.6 Å². The van der Waals surface area contributed by atoms with Crippen molar-refractivity contribution in [1.82, 2.24) is 4.98 Å². The summed E-state index contributed by atoms with van der Waals surface area (Å²) in [4.78, 5) is 17.6. The number of nitrogens with one attached hydrogen (secondary N) is 1. The molecule has 0 fully saturated rings. The molecule has 7 heteroatoms. The van der Waals surface area contributed by atoms with Crippen molar-refractivity contribution in [3.05, 3.63) is 39.3 Å². The monoisotopic (exact) mass is 343 g/mol. The number of carbonyl (C=O) groups excluding carboxylic acids is 1. The number of nitrogens with zero attached hydrogens (tertiary/aromatic N) is 2. The first kappa shape index (κ1) is 16.1. The molecule has 1 heterocycles. The minimum Gasteiger partial charge on any atom is -0.379 e. The number of hydrogen-bond donors (Lipinski definition) is 1. The average molecular weight is 344 g/mol. The second-order valence-corrected chi connectivity index (χ2v) is 6.11. The highest BCUT2D eigenvalue weighted by atomic mass is 35.5. The maximum absolute atomic E-state index is 11.5. The molecule has 0 spiro atoms. The summed E-state index contributed by atoms with van der Waals surface area (Å²) in [5.74, 6) is -0.00650. The minimum atomic E-state index is -0.00650. The molecule has 1 aromatic heterocycles. The Hall–Kier alpha value is -1.30. The smallest absolute Gasteiger partial charge is 0.225 e. The molecule has 0 aliphatic rings. The molecule has 0 radical (unpaired) electrons. The van der Waals surface area contributed by atoms with E-state index in [-0.39, 0.29) is 5.91 Å². The quantitative estimate of drug-likeness (QED) is 0.872. The number of thiazole rings is 1. The van der Waals surface area contributed by atoms with Gasteiger partial charge in [-0.15, -0.1) is 11.3 Å². The molecule has 0 aliphatic carbocycles. The van der Waals surface area contributed by atoms with Crippen molar-refractivity contribution in [2.45, 2.75) is 20.4 Å². The maximum atomic E-state index is 11.5. The Kier molecular flexibility index (Phi) is 5.45. The standard InChI is InChI=1S/C14H15Cl2N3OS/c1-3-19(9(2)20)14-18-13(8-21-14)7-17-12-5-10(15)4-11(16)6-12/h4-6,8,17H,3,7H2,1-2H3. The van der Waals surface area contributed by atoms with Crippen LogP contribution in [0, 0.1) is 0 Å². The number of hydrogen-bond acceptors (Lipinski definition) is 4. The van der Waals surface area contributed by atoms with Crippen molar-refractivity contribution in [3.63, 3.8) is 0 Å². The number of benzene rings is 1. The predicted molar refractivity (Wildman–Crippen MR) is 89.6 cm³/mol. The van der Waals surface area contributed by atoms with E-state index >= 15 is 0 Å². The number of amides is 1. The zero-order valence-corrected chi connectivity index (χ0v) is 14.0. The van der Waals surface area contributed by atoms with Gasteiger partial charge < -0.3 is 5.32 Å². The summed E-state index contributed by atoms with van der Waals surface area (Å²) < 4.78 is 0. The summed E-state index contributed by atoms with van der Waals surface area (Å²) in [6, 6.07) is 5.28. The lowest BCUT2D eigenvalue weighted by atomic mass is 10.3. The van der Waals surface area contributed by atoms with Crippen LogP contribution in [-0.4, -0.2) is 17.4 Å². The largest absolute Gasteiger partial charge is 0.379 e. The molecule has 0 bridgehead atoms. The molecule has 1 amide bonds. The molecule has 1 N–H and O–H groups in total. The Labute approximate surface area is 137 Å². The van der Waals surface area contributed by atoms with Gasteiger partial charge in [0.1, 0.15) is 0 Å². The fraction of sp³-hybridized carbons (Fsp3) is 0.286. The maximum Gasteiger partial charge on any atom is 0.225 e. The summed E-state index contributed by atoms with van der Waals surface area (Å²) in [7, 11) is 0. The molecule has 2 aromatic rings. The Morgan fingerprint density at radius 2 is 2.00 bits per heavy atom. The van der Waals surface area contributed by atoms with Crippen LogP contribution in [0.1, 0.15) is 19.5 Å². The van der Waals surface area contributed by atoms with Crippen molar-refractivity contribution < 1.29 is 4.79 Å². The van der Waals surface area contributed by atoms with Crippen molar-refractivity contribution in [3.8, 4) is 0 Å². The third-order valence-corrected chi connectivity index (χ3v) is 4.15. The number of carbonyl (C=O) groups is 1. The van der Waals surface area contributed by atoms with Gasteiger partial charge in [0.05, 0.1) is 12.2 Å². The van der Waals surface area contributed by atoms with Crippen molar-refractivity contribution in [2.75, 3.05) is 16.8 Å². The summed E-state index contributed by atoms with van der Waals surface area (Å²) >= 11 is 13.4. The van der Waals surface area contributed by atoms with Gasteiger partial charge in [-0.25, -0.2) is 4.98 Å². The fourth-order valence-corrected chi connectivity index (χ4v) is 3.30. The van der Waals surface area contributed by atoms with Crippen LogP contribution in [-0.2, 0) is 11.3 Å². The third kappa shape index (κ3) is 4.33. The lowest BCUT2D eigenvalue weighted by Gasteiger charge is -2.14. The van der Waals surface area contributed by atoms with Crippen molar-refractivity contribution >= 4 is 51.3 Å². The topological polar surface area (TPSA) is 45.2 Å². The van der Waals surface area contributed by atoms with Crippen LogP contribution in [0.4, 0.5) is 10.8 Å². The van der Waals surface area contributed by atoms with Crippen molar-refractivity contribution in [2.24, 2.45) is 0 Å². The van der Waals surface area contributed by atoms with Gasteiger partial charge >= 0.3 is 0 Å². The van der Waals surface area contributed by atoms with E-state index in [2.05, 4.69) is 10.3 Å². The van der Waals surface area contributed by atoms with Gasteiger partial charge in [0.15, 0.2) is 5.13 Å². The first-order valence-corrected chi connectivity index (χ1v) is 8.05. The normalized spacial score (nSPS) is 10.5. The number of rotatable bonds is 5. The molecular formula is C14H15Cl2N3OS. The average Bonchev–Trinajstić information content (AvgIpc) is 2.84. The Morgan fingerprint density at radius 3 is 2.57 bits per heavy atom. The van der Waals surface area contributed by atoms with Crippen LogP contribution in [0.3, 0.4) is 0 Å². The van der Waals surface area contributed by atoms with Gasteiger partial charge in [-0.05, 0) is 25.1 Å². The van der Waals surface area contributed by atoms with E-state index in [9.17, 15) is 4.79 Å². The number of anilines is 2. The van der Waals surface area contributed by atoms with Crippen LogP contribution < -0.4 is 10.2 Å². The highest BCUT2D eigenvalue weighted by Crippen LogP contribution is 2.24.